The van der Waals surface area contributed by atoms with Crippen molar-refractivity contribution in [2.45, 2.75) is 26.7 Å². The van der Waals surface area contributed by atoms with Crippen LogP contribution in [0.5, 0.6) is 0 Å². The van der Waals surface area contributed by atoms with Crippen LogP contribution in [0.15, 0.2) is 12.4 Å². The van der Waals surface area contributed by atoms with Gasteiger partial charge in [0.05, 0.1) is 4.88 Å². The van der Waals surface area contributed by atoms with E-state index in [1.165, 1.54) is 10.4 Å². The number of hydrogen-bond acceptors (Lipinski definition) is 4. The lowest BCUT2D eigenvalue weighted by Gasteiger charge is -2.03. The van der Waals surface area contributed by atoms with Crippen molar-refractivity contribution in [1.82, 2.24) is 20.1 Å². The molecule has 6 heteroatoms. The molecular weight excluding hydrogens is 260 g/mol. The van der Waals surface area contributed by atoms with Gasteiger partial charge in [-0.1, -0.05) is 6.92 Å². The molecule has 0 aliphatic heterocycles. The van der Waals surface area contributed by atoms with E-state index in [4.69, 9.17) is 0 Å². The Morgan fingerprint density at radius 2 is 2.32 bits per heavy atom. The molecule has 1 N–H and O–H groups in total. The van der Waals surface area contributed by atoms with Crippen molar-refractivity contribution in [3.63, 3.8) is 0 Å². The summed E-state index contributed by atoms with van der Waals surface area (Å²) in [5, 5.41) is 10.7. The van der Waals surface area contributed by atoms with E-state index in [0.29, 0.717) is 13.0 Å². The van der Waals surface area contributed by atoms with Crippen LogP contribution in [0.4, 0.5) is 0 Å². The molecule has 0 atom stereocenters. The van der Waals surface area contributed by atoms with Crippen LogP contribution < -0.4 is 5.32 Å². The van der Waals surface area contributed by atoms with E-state index in [-0.39, 0.29) is 5.91 Å². The van der Waals surface area contributed by atoms with Gasteiger partial charge in [0, 0.05) is 24.9 Å². The normalized spacial score (nSPS) is 10.7. The Kier molecular flexibility index (Phi) is 4.31. The van der Waals surface area contributed by atoms with Crippen molar-refractivity contribution in [3.8, 4) is 0 Å². The number of carbonyl (C=O) groups is 1. The van der Waals surface area contributed by atoms with Gasteiger partial charge in [0.15, 0.2) is 0 Å². The third kappa shape index (κ3) is 3.20. The monoisotopic (exact) mass is 278 g/mol. The van der Waals surface area contributed by atoms with Gasteiger partial charge in [-0.05, 0) is 25.0 Å². The van der Waals surface area contributed by atoms with Crippen LogP contribution >= 0.6 is 11.3 Å². The van der Waals surface area contributed by atoms with Crippen molar-refractivity contribution in [2.75, 3.05) is 6.54 Å². The average molecular weight is 278 g/mol. The summed E-state index contributed by atoms with van der Waals surface area (Å²) in [6, 6.07) is 1.96. The first kappa shape index (κ1) is 13.7. The molecule has 0 radical (unpaired) electrons. The van der Waals surface area contributed by atoms with E-state index in [0.717, 1.165) is 17.1 Å². The largest absolute Gasteiger partial charge is 0.351 e. The number of nitrogens with one attached hydrogen (secondary N) is 1. The van der Waals surface area contributed by atoms with E-state index >= 15 is 0 Å². The second-order valence-corrected chi connectivity index (χ2v) is 5.57. The standard InChI is InChI=1S/C13H18N4OS/c1-4-10-9(2)7-11(19-10)13(18)14-6-5-12-16-15-8-17(12)3/h7-8H,4-6H2,1-3H3,(H,14,18). The maximum atomic E-state index is 12.0. The van der Waals surface area contributed by atoms with Crippen LogP contribution in [-0.2, 0) is 19.9 Å². The molecule has 0 fully saturated rings. The number of thiophene rings is 1. The van der Waals surface area contributed by atoms with Crippen molar-refractivity contribution < 1.29 is 4.79 Å². The highest BCUT2D eigenvalue weighted by molar-refractivity contribution is 7.14. The molecule has 0 saturated carbocycles. The fraction of sp³-hybridized carbons (Fsp3) is 0.462. The molecule has 5 nitrogen and oxygen atoms in total. The fourth-order valence-electron chi connectivity index (χ4n) is 1.89. The van der Waals surface area contributed by atoms with Crippen LogP contribution in [0.2, 0.25) is 0 Å². The molecule has 0 saturated heterocycles. The van der Waals surface area contributed by atoms with E-state index in [1.54, 1.807) is 17.7 Å². The predicted octanol–water partition coefficient (Wildman–Crippen LogP) is 1.72. The SMILES string of the molecule is CCc1sc(C(=O)NCCc2nncn2C)cc1C. The predicted molar refractivity (Wildman–Crippen MR) is 75.5 cm³/mol. The molecule has 0 aliphatic rings. The lowest BCUT2D eigenvalue weighted by molar-refractivity contribution is 0.0958. The summed E-state index contributed by atoms with van der Waals surface area (Å²) in [6.07, 6.45) is 3.32. The van der Waals surface area contributed by atoms with Gasteiger partial charge in [-0.3, -0.25) is 4.79 Å². The average Bonchev–Trinajstić information content (AvgIpc) is 2.96. The first-order chi connectivity index (χ1) is 9.11. The molecule has 2 aromatic heterocycles. The van der Waals surface area contributed by atoms with Gasteiger partial charge in [-0.15, -0.1) is 21.5 Å². The van der Waals surface area contributed by atoms with E-state index in [9.17, 15) is 4.79 Å². The third-order valence-corrected chi connectivity index (χ3v) is 4.39. The quantitative estimate of drug-likeness (QED) is 0.906. The maximum absolute atomic E-state index is 12.0. The molecule has 0 unspecified atom stereocenters. The Labute approximate surface area is 116 Å². The number of carbonyl (C=O) groups excluding carboxylic acids is 1. The van der Waals surface area contributed by atoms with Crippen LogP contribution in [0.25, 0.3) is 0 Å². The Morgan fingerprint density at radius 1 is 1.53 bits per heavy atom. The molecule has 0 aliphatic carbocycles. The lowest BCUT2D eigenvalue weighted by Crippen LogP contribution is -2.25. The third-order valence-electron chi connectivity index (χ3n) is 3.00. The molecule has 102 valence electrons. The molecule has 19 heavy (non-hydrogen) atoms. The van der Waals surface area contributed by atoms with Crippen molar-refractivity contribution in [2.24, 2.45) is 7.05 Å². The zero-order valence-corrected chi connectivity index (χ0v) is 12.3. The number of amides is 1. The van der Waals surface area contributed by atoms with E-state index in [1.807, 2.05) is 24.6 Å². The van der Waals surface area contributed by atoms with Crippen LogP contribution in [-0.4, -0.2) is 27.2 Å². The van der Waals surface area contributed by atoms with Crippen molar-refractivity contribution in [1.29, 1.82) is 0 Å². The number of hydrogen-bond donors (Lipinski definition) is 1. The summed E-state index contributed by atoms with van der Waals surface area (Å²) >= 11 is 1.57. The summed E-state index contributed by atoms with van der Waals surface area (Å²) in [6.45, 7) is 4.73. The van der Waals surface area contributed by atoms with Gasteiger partial charge in [-0.25, -0.2) is 0 Å². The van der Waals surface area contributed by atoms with Crippen LogP contribution in [0, 0.1) is 6.92 Å². The molecular formula is C13H18N4OS. The Hall–Kier alpha value is -1.69. The van der Waals surface area contributed by atoms with Gasteiger partial charge in [0.25, 0.3) is 5.91 Å². The highest BCUT2D eigenvalue weighted by Crippen LogP contribution is 2.22. The highest BCUT2D eigenvalue weighted by Gasteiger charge is 2.11. The fourth-order valence-corrected chi connectivity index (χ4v) is 2.92. The van der Waals surface area contributed by atoms with E-state index < -0.39 is 0 Å². The minimum atomic E-state index is -0.00466. The summed E-state index contributed by atoms with van der Waals surface area (Å²) in [4.78, 5) is 14.1. The Morgan fingerprint density at radius 3 is 2.89 bits per heavy atom. The summed E-state index contributed by atoms with van der Waals surface area (Å²) in [7, 11) is 1.90. The maximum Gasteiger partial charge on any atom is 0.261 e. The zero-order chi connectivity index (χ0) is 13.8. The van der Waals surface area contributed by atoms with Gasteiger partial charge < -0.3 is 9.88 Å². The molecule has 2 rings (SSSR count). The second kappa shape index (κ2) is 5.97. The molecule has 0 aromatic carbocycles. The second-order valence-electron chi connectivity index (χ2n) is 4.43. The summed E-state index contributed by atoms with van der Waals surface area (Å²) < 4.78 is 1.86. The number of nitrogens with zero attached hydrogens (tertiary/aromatic N) is 3. The Balaban J connectivity index is 1.89. The molecule has 2 heterocycles. The number of rotatable bonds is 5. The smallest absolute Gasteiger partial charge is 0.261 e. The summed E-state index contributed by atoms with van der Waals surface area (Å²) in [5.41, 5.74) is 1.20. The van der Waals surface area contributed by atoms with Crippen molar-refractivity contribution >= 4 is 17.2 Å². The van der Waals surface area contributed by atoms with E-state index in [2.05, 4.69) is 22.4 Å². The Bertz CT molecular complexity index is 573. The lowest BCUT2D eigenvalue weighted by atomic mass is 10.2. The first-order valence-electron chi connectivity index (χ1n) is 6.32. The highest BCUT2D eigenvalue weighted by atomic mass is 32.1. The van der Waals surface area contributed by atoms with Gasteiger partial charge >= 0.3 is 0 Å². The molecule has 0 bridgehead atoms. The van der Waals surface area contributed by atoms with Gasteiger partial charge in [-0.2, -0.15) is 0 Å². The van der Waals surface area contributed by atoms with Crippen LogP contribution in [0.3, 0.4) is 0 Å². The minimum Gasteiger partial charge on any atom is -0.351 e. The number of aromatic nitrogens is 3. The van der Waals surface area contributed by atoms with Crippen LogP contribution in [0.1, 0.15) is 32.9 Å². The van der Waals surface area contributed by atoms with Gasteiger partial charge in [0.1, 0.15) is 12.2 Å². The molecule has 0 spiro atoms. The van der Waals surface area contributed by atoms with Crippen molar-refractivity contribution in [3.05, 3.63) is 33.5 Å². The summed E-state index contributed by atoms with van der Waals surface area (Å²) in [5.74, 6) is 0.867. The minimum absolute atomic E-state index is 0.00466. The molecule has 1 amide bonds. The number of aryl methyl sites for hydroxylation is 3. The van der Waals surface area contributed by atoms with Gasteiger partial charge in [0.2, 0.25) is 0 Å². The molecule has 2 aromatic rings. The zero-order valence-electron chi connectivity index (χ0n) is 11.4. The topological polar surface area (TPSA) is 59.8 Å². The first-order valence-corrected chi connectivity index (χ1v) is 7.13.